The van der Waals surface area contributed by atoms with Gasteiger partial charge in [0.25, 0.3) is 0 Å². The summed E-state index contributed by atoms with van der Waals surface area (Å²) >= 11 is 2.06. The first kappa shape index (κ1) is 12.2. The highest BCUT2D eigenvalue weighted by Crippen LogP contribution is 2.45. The zero-order valence-corrected chi connectivity index (χ0v) is 12.0. The lowest BCUT2D eigenvalue weighted by molar-refractivity contribution is -0.0849. The van der Waals surface area contributed by atoms with Crippen LogP contribution in [-0.2, 0) is 11.3 Å². The van der Waals surface area contributed by atoms with Gasteiger partial charge in [0.05, 0.1) is 5.60 Å². The lowest BCUT2D eigenvalue weighted by Gasteiger charge is -2.40. The van der Waals surface area contributed by atoms with Crippen LogP contribution in [0.3, 0.4) is 0 Å². The summed E-state index contributed by atoms with van der Waals surface area (Å²) in [6, 6.07) is 9.47. The molecule has 3 aliphatic heterocycles. The maximum atomic E-state index is 6.16. The molecule has 0 amide bonds. The van der Waals surface area contributed by atoms with Crippen LogP contribution in [0.4, 0.5) is 0 Å². The Morgan fingerprint density at radius 3 is 3.16 bits per heavy atom. The van der Waals surface area contributed by atoms with E-state index in [9.17, 15) is 0 Å². The molecule has 1 aromatic rings. The standard InChI is InChI=1S/C16H21NOS/c1-2-4-14-13(3-1)10-17-15(14)12-5-7-18-16(9-12)6-8-19-11-16/h1-4,12,15,17H,5-11H2. The van der Waals surface area contributed by atoms with Gasteiger partial charge in [0.15, 0.2) is 0 Å². The second kappa shape index (κ2) is 4.80. The molecule has 1 spiro atoms. The van der Waals surface area contributed by atoms with Gasteiger partial charge in [-0.2, -0.15) is 11.8 Å². The molecule has 3 heterocycles. The van der Waals surface area contributed by atoms with Crippen LogP contribution in [-0.4, -0.2) is 23.7 Å². The minimum absolute atomic E-state index is 0.201. The van der Waals surface area contributed by atoms with Gasteiger partial charge in [-0.05, 0) is 42.1 Å². The van der Waals surface area contributed by atoms with Gasteiger partial charge in [0, 0.05) is 24.9 Å². The van der Waals surface area contributed by atoms with Crippen molar-refractivity contribution in [1.82, 2.24) is 5.32 Å². The van der Waals surface area contributed by atoms with Crippen LogP contribution in [0.5, 0.6) is 0 Å². The molecular formula is C16H21NOS. The Hall–Kier alpha value is -0.510. The Balaban J connectivity index is 1.57. The van der Waals surface area contributed by atoms with E-state index < -0.39 is 0 Å². The van der Waals surface area contributed by atoms with Gasteiger partial charge in [0.2, 0.25) is 0 Å². The van der Waals surface area contributed by atoms with Gasteiger partial charge in [-0.3, -0.25) is 0 Å². The van der Waals surface area contributed by atoms with Crippen molar-refractivity contribution in [3.05, 3.63) is 35.4 Å². The van der Waals surface area contributed by atoms with Gasteiger partial charge in [-0.25, -0.2) is 0 Å². The molecule has 0 bridgehead atoms. The molecule has 2 nitrogen and oxygen atoms in total. The van der Waals surface area contributed by atoms with E-state index >= 15 is 0 Å². The summed E-state index contributed by atoms with van der Waals surface area (Å²) < 4.78 is 6.16. The third-order valence-electron chi connectivity index (χ3n) is 4.97. The molecule has 3 atom stereocenters. The molecule has 3 heteroatoms. The Morgan fingerprint density at radius 2 is 2.26 bits per heavy atom. The summed E-state index contributed by atoms with van der Waals surface area (Å²) in [7, 11) is 0. The number of ether oxygens (including phenoxy) is 1. The Labute approximate surface area is 119 Å². The Bertz CT molecular complexity index is 470. The largest absolute Gasteiger partial charge is 0.374 e. The van der Waals surface area contributed by atoms with Crippen molar-refractivity contribution in [2.24, 2.45) is 5.92 Å². The van der Waals surface area contributed by atoms with Crippen LogP contribution in [0.25, 0.3) is 0 Å². The van der Waals surface area contributed by atoms with Crippen LogP contribution in [0, 0.1) is 5.92 Å². The highest BCUT2D eigenvalue weighted by atomic mass is 32.2. The number of fused-ring (bicyclic) bond motifs is 1. The highest BCUT2D eigenvalue weighted by molar-refractivity contribution is 7.99. The lowest BCUT2D eigenvalue weighted by Crippen LogP contribution is -2.42. The fourth-order valence-corrected chi connectivity index (χ4v) is 5.34. The molecule has 0 radical (unpaired) electrons. The van der Waals surface area contributed by atoms with Gasteiger partial charge in [-0.1, -0.05) is 24.3 Å². The SMILES string of the molecule is c1ccc2c(c1)CNC2C1CCOC2(CCSC2)C1. The van der Waals surface area contributed by atoms with Crippen molar-refractivity contribution in [3.63, 3.8) is 0 Å². The molecule has 2 fully saturated rings. The number of benzene rings is 1. The van der Waals surface area contributed by atoms with Crippen LogP contribution >= 0.6 is 11.8 Å². The van der Waals surface area contributed by atoms with E-state index in [1.807, 2.05) is 0 Å². The summed E-state index contributed by atoms with van der Waals surface area (Å²) in [6.07, 6.45) is 3.70. The molecule has 4 rings (SSSR count). The maximum Gasteiger partial charge on any atom is 0.0783 e. The molecule has 0 aliphatic carbocycles. The Kier molecular flexibility index (Phi) is 3.09. The molecule has 1 N–H and O–H groups in total. The minimum atomic E-state index is 0.201. The topological polar surface area (TPSA) is 21.3 Å². The molecule has 3 aliphatic rings. The highest BCUT2D eigenvalue weighted by Gasteiger charge is 2.43. The van der Waals surface area contributed by atoms with E-state index in [-0.39, 0.29) is 5.60 Å². The van der Waals surface area contributed by atoms with Gasteiger partial charge in [-0.15, -0.1) is 0 Å². The molecule has 0 aromatic heterocycles. The van der Waals surface area contributed by atoms with Crippen molar-refractivity contribution < 1.29 is 4.74 Å². The predicted octanol–water partition coefficient (Wildman–Crippen LogP) is 3.13. The first-order chi connectivity index (χ1) is 9.36. The normalized spacial score (nSPS) is 37.7. The summed E-state index contributed by atoms with van der Waals surface area (Å²) in [6.45, 7) is 1.99. The second-order valence-corrected chi connectivity index (χ2v) is 7.25. The first-order valence-corrected chi connectivity index (χ1v) is 8.55. The number of hydrogen-bond donors (Lipinski definition) is 1. The summed E-state index contributed by atoms with van der Waals surface area (Å²) in [5, 5.41) is 3.74. The Morgan fingerprint density at radius 1 is 1.32 bits per heavy atom. The first-order valence-electron chi connectivity index (χ1n) is 7.39. The van der Waals surface area contributed by atoms with Crippen LogP contribution in [0.2, 0.25) is 0 Å². The van der Waals surface area contributed by atoms with Gasteiger partial charge >= 0.3 is 0 Å². The van der Waals surface area contributed by atoms with E-state index in [1.54, 1.807) is 0 Å². The summed E-state index contributed by atoms with van der Waals surface area (Å²) in [4.78, 5) is 0. The van der Waals surface area contributed by atoms with Gasteiger partial charge < -0.3 is 10.1 Å². The average molecular weight is 275 g/mol. The van der Waals surface area contributed by atoms with Gasteiger partial charge in [0.1, 0.15) is 0 Å². The molecule has 0 saturated carbocycles. The van der Waals surface area contributed by atoms with E-state index in [0.717, 1.165) is 19.1 Å². The van der Waals surface area contributed by atoms with E-state index in [4.69, 9.17) is 4.74 Å². The van der Waals surface area contributed by atoms with Crippen LogP contribution in [0.1, 0.15) is 36.4 Å². The molecule has 3 unspecified atom stereocenters. The fourth-order valence-electron chi connectivity index (χ4n) is 3.96. The van der Waals surface area contributed by atoms with Crippen molar-refractivity contribution in [1.29, 1.82) is 0 Å². The molecule has 1 aromatic carbocycles. The smallest absolute Gasteiger partial charge is 0.0783 e. The number of nitrogens with one attached hydrogen (secondary N) is 1. The van der Waals surface area contributed by atoms with E-state index in [0.29, 0.717) is 6.04 Å². The van der Waals surface area contributed by atoms with Crippen LogP contribution in [0.15, 0.2) is 24.3 Å². The van der Waals surface area contributed by atoms with Crippen LogP contribution < -0.4 is 5.32 Å². The minimum Gasteiger partial charge on any atom is -0.374 e. The average Bonchev–Trinajstić information content (AvgIpc) is 3.06. The fraction of sp³-hybridized carbons (Fsp3) is 0.625. The van der Waals surface area contributed by atoms with E-state index in [2.05, 4.69) is 41.3 Å². The second-order valence-electron chi connectivity index (χ2n) is 6.14. The number of rotatable bonds is 1. The third-order valence-corrected chi connectivity index (χ3v) is 6.20. The molecule has 2 saturated heterocycles. The molecular weight excluding hydrogens is 254 g/mol. The summed E-state index contributed by atoms with van der Waals surface area (Å²) in [5.74, 6) is 3.23. The van der Waals surface area contributed by atoms with Crippen molar-refractivity contribution >= 4 is 11.8 Å². The number of hydrogen-bond acceptors (Lipinski definition) is 3. The van der Waals surface area contributed by atoms with Crippen molar-refractivity contribution in [2.45, 2.75) is 37.5 Å². The summed E-state index contributed by atoms with van der Waals surface area (Å²) in [5.41, 5.74) is 3.23. The predicted molar refractivity (Wildman–Crippen MR) is 79.4 cm³/mol. The lowest BCUT2D eigenvalue weighted by atomic mass is 9.79. The maximum absolute atomic E-state index is 6.16. The zero-order valence-electron chi connectivity index (χ0n) is 11.2. The van der Waals surface area contributed by atoms with Crippen molar-refractivity contribution in [2.75, 3.05) is 18.1 Å². The third kappa shape index (κ3) is 2.12. The number of thioether (sulfide) groups is 1. The molecule has 102 valence electrons. The quantitative estimate of drug-likeness (QED) is 0.851. The zero-order chi connectivity index (χ0) is 12.7. The van der Waals surface area contributed by atoms with Crippen molar-refractivity contribution in [3.8, 4) is 0 Å². The van der Waals surface area contributed by atoms with E-state index in [1.165, 1.54) is 41.9 Å². The molecule has 19 heavy (non-hydrogen) atoms. The monoisotopic (exact) mass is 275 g/mol.